The van der Waals surface area contributed by atoms with E-state index in [-0.39, 0.29) is 17.3 Å². The summed E-state index contributed by atoms with van der Waals surface area (Å²) in [5.41, 5.74) is 1.88. The number of anilines is 1. The van der Waals surface area contributed by atoms with E-state index in [0.717, 1.165) is 11.1 Å². The maximum absolute atomic E-state index is 13.2. The van der Waals surface area contributed by atoms with E-state index in [1.54, 1.807) is 41.9 Å². The molecule has 7 nitrogen and oxygen atoms in total. The van der Waals surface area contributed by atoms with Crippen LogP contribution in [-0.2, 0) is 16.6 Å². The number of hydrogen-bond donors (Lipinski definition) is 0. The minimum Gasteiger partial charge on any atom is -0.337 e. The monoisotopic (exact) mass is 412 g/mol. The van der Waals surface area contributed by atoms with Gasteiger partial charge in [-0.15, -0.1) is 11.3 Å². The van der Waals surface area contributed by atoms with Crippen LogP contribution in [0.4, 0.5) is 5.13 Å². The van der Waals surface area contributed by atoms with Crippen molar-refractivity contribution in [2.75, 3.05) is 4.31 Å². The van der Waals surface area contributed by atoms with Crippen molar-refractivity contribution in [1.29, 1.82) is 0 Å². The third-order valence-corrected chi connectivity index (χ3v) is 6.65. The highest BCUT2D eigenvalue weighted by Gasteiger charge is 2.29. The van der Waals surface area contributed by atoms with E-state index in [0.29, 0.717) is 11.0 Å². The van der Waals surface area contributed by atoms with E-state index in [2.05, 4.69) is 15.1 Å². The molecule has 0 atom stereocenters. The number of thiazole rings is 1. The van der Waals surface area contributed by atoms with Crippen molar-refractivity contribution in [2.45, 2.75) is 18.4 Å². The maximum Gasteiger partial charge on any atom is 0.266 e. The van der Waals surface area contributed by atoms with Crippen molar-refractivity contribution in [3.63, 3.8) is 0 Å². The Labute approximate surface area is 166 Å². The molecule has 0 unspecified atom stereocenters. The molecular formula is C19H16N4O3S2. The van der Waals surface area contributed by atoms with E-state index < -0.39 is 10.0 Å². The maximum atomic E-state index is 13.2. The predicted octanol–water partition coefficient (Wildman–Crippen LogP) is 3.90. The van der Waals surface area contributed by atoms with Crippen molar-refractivity contribution in [2.24, 2.45) is 0 Å². The first-order valence-corrected chi connectivity index (χ1v) is 10.7. The van der Waals surface area contributed by atoms with E-state index in [1.807, 2.05) is 31.2 Å². The summed E-state index contributed by atoms with van der Waals surface area (Å²) < 4.78 is 32.8. The highest BCUT2D eigenvalue weighted by molar-refractivity contribution is 7.93. The van der Waals surface area contributed by atoms with E-state index >= 15 is 0 Å². The second kappa shape index (κ2) is 7.53. The van der Waals surface area contributed by atoms with Gasteiger partial charge in [-0.05, 0) is 25.1 Å². The Morgan fingerprint density at radius 3 is 2.64 bits per heavy atom. The summed E-state index contributed by atoms with van der Waals surface area (Å²) in [5, 5.41) is 6.04. The minimum atomic E-state index is -3.83. The van der Waals surface area contributed by atoms with Gasteiger partial charge in [0, 0.05) is 17.1 Å². The van der Waals surface area contributed by atoms with Crippen LogP contribution in [0.25, 0.3) is 11.4 Å². The topological polar surface area (TPSA) is 89.2 Å². The molecule has 0 aliphatic heterocycles. The zero-order valence-electron chi connectivity index (χ0n) is 14.9. The van der Waals surface area contributed by atoms with Crippen LogP contribution in [0.3, 0.4) is 0 Å². The van der Waals surface area contributed by atoms with Crippen molar-refractivity contribution in [1.82, 2.24) is 15.1 Å². The molecule has 0 fully saturated rings. The lowest BCUT2D eigenvalue weighted by Crippen LogP contribution is -2.30. The Morgan fingerprint density at radius 2 is 1.93 bits per heavy atom. The summed E-state index contributed by atoms with van der Waals surface area (Å²) >= 11 is 1.22. The van der Waals surface area contributed by atoms with Gasteiger partial charge in [0.25, 0.3) is 10.0 Å². The normalized spacial score (nSPS) is 11.5. The highest BCUT2D eigenvalue weighted by Crippen LogP contribution is 2.28. The first-order valence-electron chi connectivity index (χ1n) is 8.41. The van der Waals surface area contributed by atoms with Gasteiger partial charge >= 0.3 is 0 Å². The van der Waals surface area contributed by atoms with Gasteiger partial charge in [-0.2, -0.15) is 4.98 Å². The molecule has 9 heteroatoms. The standard InChI is InChI=1S/C19H16N4O3S2/c1-14-6-5-7-15(12-14)18-21-17(26-22-18)13-23(19-20-10-11-27-19)28(24,25)16-8-3-2-4-9-16/h2-12H,13H2,1H3. The summed E-state index contributed by atoms with van der Waals surface area (Å²) in [6, 6.07) is 15.9. The Kier molecular flexibility index (Phi) is 4.93. The first-order chi connectivity index (χ1) is 13.5. The number of aromatic nitrogens is 3. The van der Waals surface area contributed by atoms with Crippen LogP contribution in [0.5, 0.6) is 0 Å². The molecule has 0 amide bonds. The van der Waals surface area contributed by atoms with E-state index in [1.165, 1.54) is 15.6 Å². The highest BCUT2D eigenvalue weighted by atomic mass is 32.2. The lowest BCUT2D eigenvalue weighted by atomic mass is 10.1. The molecule has 0 saturated heterocycles. The summed E-state index contributed by atoms with van der Waals surface area (Å²) in [6.07, 6.45) is 1.56. The number of sulfonamides is 1. The SMILES string of the molecule is Cc1cccc(-c2noc(CN(c3nccs3)S(=O)(=O)c3ccccc3)n2)c1. The molecule has 0 bridgehead atoms. The van der Waals surface area contributed by atoms with Gasteiger partial charge in [0.05, 0.1) is 4.90 Å². The first kappa shape index (κ1) is 18.3. The number of benzene rings is 2. The molecule has 2 aromatic heterocycles. The van der Waals surface area contributed by atoms with Gasteiger partial charge in [-0.1, -0.05) is 47.1 Å². The van der Waals surface area contributed by atoms with Crippen LogP contribution < -0.4 is 4.31 Å². The van der Waals surface area contributed by atoms with Crippen LogP contribution >= 0.6 is 11.3 Å². The van der Waals surface area contributed by atoms with Crippen LogP contribution in [0.1, 0.15) is 11.5 Å². The Balaban J connectivity index is 1.68. The Morgan fingerprint density at radius 1 is 1.11 bits per heavy atom. The molecular weight excluding hydrogens is 396 g/mol. The smallest absolute Gasteiger partial charge is 0.266 e. The van der Waals surface area contributed by atoms with E-state index in [9.17, 15) is 8.42 Å². The van der Waals surface area contributed by atoms with Gasteiger partial charge < -0.3 is 4.52 Å². The third-order valence-electron chi connectivity index (χ3n) is 3.99. The van der Waals surface area contributed by atoms with E-state index in [4.69, 9.17) is 4.52 Å². The predicted molar refractivity (Wildman–Crippen MR) is 106 cm³/mol. The Bertz CT molecular complexity index is 1170. The quantitative estimate of drug-likeness (QED) is 0.477. The number of hydrogen-bond acceptors (Lipinski definition) is 7. The van der Waals surface area contributed by atoms with Crippen molar-refractivity contribution >= 4 is 26.5 Å². The van der Waals surface area contributed by atoms with Crippen LogP contribution in [0.15, 0.2) is 75.6 Å². The van der Waals surface area contributed by atoms with Crippen molar-refractivity contribution < 1.29 is 12.9 Å². The van der Waals surface area contributed by atoms with Crippen LogP contribution in [0, 0.1) is 6.92 Å². The molecule has 0 spiro atoms. The van der Waals surface area contributed by atoms with Gasteiger partial charge in [0.1, 0.15) is 6.54 Å². The van der Waals surface area contributed by atoms with Crippen molar-refractivity contribution in [3.8, 4) is 11.4 Å². The molecule has 4 aromatic rings. The van der Waals surface area contributed by atoms with Gasteiger partial charge in [0.2, 0.25) is 11.7 Å². The average molecular weight is 412 g/mol. The van der Waals surface area contributed by atoms with Gasteiger partial charge in [-0.3, -0.25) is 0 Å². The molecule has 2 aromatic carbocycles. The fourth-order valence-corrected chi connectivity index (χ4v) is 4.92. The molecule has 0 N–H and O–H groups in total. The second-order valence-corrected chi connectivity index (χ2v) is 8.76. The minimum absolute atomic E-state index is 0.108. The fourth-order valence-electron chi connectivity index (χ4n) is 2.66. The zero-order valence-corrected chi connectivity index (χ0v) is 16.5. The number of nitrogens with zero attached hydrogens (tertiary/aromatic N) is 4. The zero-order chi connectivity index (χ0) is 19.6. The molecule has 0 saturated carbocycles. The molecule has 142 valence electrons. The van der Waals surface area contributed by atoms with Crippen LogP contribution in [-0.4, -0.2) is 23.5 Å². The van der Waals surface area contributed by atoms with Gasteiger partial charge in [0.15, 0.2) is 5.13 Å². The Hall–Kier alpha value is -3.04. The molecule has 28 heavy (non-hydrogen) atoms. The summed E-state index contributed by atoms with van der Waals surface area (Å²) in [4.78, 5) is 8.70. The summed E-state index contributed by atoms with van der Waals surface area (Å²) in [6.45, 7) is 1.87. The van der Waals surface area contributed by atoms with Gasteiger partial charge in [-0.25, -0.2) is 17.7 Å². The molecule has 0 aliphatic carbocycles. The molecule has 0 aliphatic rings. The largest absolute Gasteiger partial charge is 0.337 e. The third kappa shape index (κ3) is 3.67. The van der Waals surface area contributed by atoms with Crippen LogP contribution in [0.2, 0.25) is 0 Å². The summed E-state index contributed by atoms with van der Waals surface area (Å²) in [5.74, 6) is 0.598. The lowest BCUT2D eigenvalue weighted by molar-refractivity contribution is 0.380. The lowest BCUT2D eigenvalue weighted by Gasteiger charge is -2.19. The second-order valence-electron chi connectivity index (χ2n) is 6.02. The number of rotatable bonds is 6. The fraction of sp³-hybridized carbons (Fsp3) is 0.105. The molecule has 0 radical (unpaired) electrons. The molecule has 4 rings (SSSR count). The summed E-state index contributed by atoms with van der Waals surface area (Å²) in [7, 11) is -3.83. The average Bonchev–Trinajstić information content (AvgIpc) is 3.39. The number of aryl methyl sites for hydroxylation is 1. The van der Waals surface area contributed by atoms with Crippen molar-refractivity contribution in [3.05, 3.63) is 77.6 Å². The molecule has 2 heterocycles.